The van der Waals surface area contributed by atoms with Crippen molar-refractivity contribution in [3.63, 3.8) is 0 Å². The summed E-state index contributed by atoms with van der Waals surface area (Å²) >= 11 is 1.69. The van der Waals surface area contributed by atoms with Gasteiger partial charge in [0.05, 0.1) is 0 Å². The topological polar surface area (TPSA) is 43.6 Å². The van der Waals surface area contributed by atoms with Crippen molar-refractivity contribution in [2.45, 2.75) is 10.9 Å². The Morgan fingerprint density at radius 1 is 0.808 bits per heavy atom. The molecule has 0 saturated carbocycles. The Bertz CT molecular complexity index is 980. The molecule has 26 heavy (non-hydrogen) atoms. The number of hydrogen-bond donors (Lipinski definition) is 0. The van der Waals surface area contributed by atoms with E-state index in [9.17, 15) is 0 Å². The summed E-state index contributed by atoms with van der Waals surface area (Å²) in [6.45, 7) is 0. The number of benzene rings is 2. The molecule has 5 heteroatoms. The molecule has 128 valence electrons. The third-order valence-electron chi connectivity index (χ3n) is 4.18. The molecule has 0 saturated heterocycles. The Hall–Kier alpha value is -2.92. The third kappa shape index (κ3) is 3.53. The molecule has 4 rings (SSSR count). The van der Waals surface area contributed by atoms with Crippen molar-refractivity contribution in [3.8, 4) is 22.5 Å². The first-order valence-electron chi connectivity index (χ1n) is 8.38. The van der Waals surface area contributed by atoms with Gasteiger partial charge < -0.3 is 4.57 Å². The molecule has 0 aliphatic rings. The highest BCUT2D eigenvalue weighted by molar-refractivity contribution is 7.98. The van der Waals surface area contributed by atoms with Crippen LogP contribution in [0.2, 0.25) is 0 Å². The van der Waals surface area contributed by atoms with Gasteiger partial charge in [0, 0.05) is 30.8 Å². The fraction of sp³-hybridized carbons (Fsp3) is 0.0952. The lowest BCUT2D eigenvalue weighted by atomic mass is 10.0. The van der Waals surface area contributed by atoms with Gasteiger partial charge in [0.15, 0.2) is 11.0 Å². The number of aromatic nitrogens is 4. The zero-order valence-corrected chi connectivity index (χ0v) is 15.2. The summed E-state index contributed by atoms with van der Waals surface area (Å²) in [4.78, 5) is 4.15. The Labute approximate surface area is 157 Å². The van der Waals surface area contributed by atoms with Crippen LogP contribution in [0.15, 0.2) is 84.3 Å². The van der Waals surface area contributed by atoms with Crippen LogP contribution in [0.4, 0.5) is 0 Å². The van der Waals surface area contributed by atoms with Gasteiger partial charge in [-0.1, -0.05) is 66.4 Å². The van der Waals surface area contributed by atoms with Gasteiger partial charge >= 0.3 is 0 Å². The highest BCUT2D eigenvalue weighted by Crippen LogP contribution is 2.26. The van der Waals surface area contributed by atoms with Crippen LogP contribution in [-0.4, -0.2) is 19.7 Å². The maximum atomic E-state index is 4.32. The zero-order chi connectivity index (χ0) is 17.8. The lowest BCUT2D eigenvalue weighted by Crippen LogP contribution is -1.95. The maximum Gasteiger partial charge on any atom is 0.191 e. The van der Waals surface area contributed by atoms with Crippen LogP contribution in [0.3, 0.4) is 0 Å². The van der Waals surface area contributed by atoms with Crippen molar-refractivity contribution < 1.29 is 0 Å². The average Bonchev–Trinajstić information content (AvgIpc) is 3.08. The second-order valence-corrected chi connectivity index (χ2v) is 6.90. The highest BCUT2D eigenvalue weighted by Gasteiger charge is 2.11. The molecule has 0 atom stereocenters. The number of thioether (sulfide) groups is 1. The second-order valence-electron chi connectivity index (χ2n) is 5.96. The Kier molecular flexibility index (Phi) is 4.80. The predicted molar refractivity (Wildman–Crippen MR) is 106 cm³/mol. The van der Waals surface area contributed by atoms with E-state index >= 15 is 0 Å². The third-order valence-corrected chi connectivity index (χ3v) is 5.28. The normalized spacial score (nSPS) is 10.8. The fourth-order valence-corrected chi connectivity index (χ4v) is 3.63. The molecule has 0 amide bonds. The van der Waals surface area contributed by atoms with E-state index in [1.807, 2.05) is 29.8 Å². The average molecular weight is 358 g/mol. The largest absolute Gasteiger partial charge is 0.305 e. The monoisotopic (exact) mass is 358 g/mol. The van der Waals surface area contributed by atoms with Gasteiger partial charge in [0.1, 0.15) is 0 Å². The van der Waals surface area contributed by atoms with Crippen molar-refractivity contribution in [2.24, 2.45) is 7.05 Å². The summed E-state index contributed by atoms with van der Waals surface area (Å²) in [5.41, 5.74) is 4.71. The van der Waals surface area contributed by atoms with E-state index in [0.29, 0.717) is 0 Å². The molecule has 0 spiro atoms. The maximum absolute atomic E-state index is 4.32. The molecule has 2 aromatic carbocycles. The second kappa shape index (κ2) is 7.54. The van der Waals surface area contributed by atoms with Crippen LogP contribution in [0.1, 0.15) is 5.56 Å². The van der Waals surface area contributed by atoms with Crippen LogP contribution in [0.25, 0.3) is 22.5 Å². The molecule has 0 N–H and O–H groups in total. The van der Waals surface area contributed by atoms with E-state index in [2.05, 4.69) is 63.7 Å². The molecular weight excluding hydrogens is 340 g/mol. The van der Waals surface area contributed by atoms with E-state index in [4.69, 9.17) is 0 Å². The highest BCUT2D eigenvalue weighted by atomic mass is 32.2. The Morgan fingerprint density at radius 2 is 1.54 bits per heavy atom. The van der Waals surface area contributed by atoms with E-state index < -0.39 is 0 Å². The van der Waals surface area contributed by atoms with Gasteiger partial charge in [-0.2, -0.15) is 0 Å². The quantitative estimate of drug-likeness (QED) is 0.479. The lowest BCUT2D eigenvalue weighted by molar-refractivity contribution is 0.793. The van der Waals surface area contributed by atoms with Crippen molar-refractivity contribution in [2.75, 3.05) is 0 Å². The molecule has 0 aliphatic carbocycles. The molecule has 0 unspecified atom stereocenters. The van der Waals surface area contributed by atoms with E-state index in [-0.39, 0.29) is 0 Å². The summed E-state index contributed by atoms with van der Waals surface area (Å²) in [6, 6.07) is 23.0. The van der Waals surface area contributed by atoms with Crippen molar-refractivity contribution in [1.29, 1.82) is 0 Å². The van der Waals surface area contributed by atoms with Crippen LogP contribution in [0, 0.1) is 0 Å². The SMILES string of the molecule is Cn1c(SCc2ccc(-c3ccccc3)cc2)nnc1-c1cccnc1. The molecule has 0 radical (unpaired) electrons. The predicted octanol–water partition coefficient (Wildman–Crippen LogP) is 4.84. The van der Waals surface area contributed by atoms with Crippen molar-refractivity contribution in [3.05, 3.63) is 84.7 Å². The van der Waals surface area contributed by atoms with Crippen molar-refractivity contribution in [1.82, 2.24) is 19.7 Å². The van der Waals surface area contributed by atoms with Gasteiger partial charge in [-0.25, -0.2) is 0 Å². The summed E-state index contributed by atoms with van der Waals surface area (Å²) in [7, 11) is 1.99. The number of nitrogens with zero attached hydrogens (tertiary/aromatic N) is 4. The van der Waals surface area contributed by atoms with Crippen LogP contribution >= 0.6 is 11.8 Å². The summed E-state index contributed by atoms with van der Waals surface area (Å²) in [6.07, 6.45) is 3.56. The molecule has 2 aromatic heterocycles. The van der Waals surface area contributed by atoms with Gasteiger partial charge in [-0.3, -0.25) is 4.98 Å². The summed E-state index contributed by atoms with van der Waals surface area (Å²) < 4.78 is 2.01. The van der Waals surface area contributed by atoms with Gasteiger partial charge in [-0.05, 0) is 28.8 Å². The van der Waals surface area contributed by atoms with Gasteiger partial charge in [0.25, 0.3) is 0 Å². The smallest absolute Gasteiger partial charge is 0.191 e. The molecule has 0 bridgehead atoms. The van der Waals surface area contributed by atoms with Crippen molar-refractivity contribution >= 4 is 11.8 Å². The first kappa shape index (κ1) is 16.5. The Morgan fingerprint density at radius 3 is 2.27 bits per heavy atom. The minimum atomic E-state index is 0.833. The van der Waals surface area contributed by atoms with Crippen LogP contribution < -0.4 is 0 Å². The molecule has 4 nitrogen and oxygen atoms in total. The molecular formula is C21H18N4S. The first-order valence-corrected chi connectivity index (χ1v) is 9.37. The fourth-order valence-electron chi connectivity index (χ4n) is 2.76. The number of pyridine rings is 1. The molecule has 0 fully saturated rings. The standard InChI is InChI=1S/C21H18N4S/c1-25-20(19-8-5-13-22-14-19)23-24-21(25)26-15-16-9-11-18(12-10-16)17-6-3-2-4-7-17/h2-14H,15H2,1H3. The van der Waals surface area contributed by atoms with Gasteiger partial charge in [-0.15, -0.1) is 10.2 Å². The zero-order valence-electron chi connectivity index (χ0n) is 14.4. The molecule has 0 aliphatic heterocycles. The number of rotatable bonds is 5. The Balaban J connectivity index is 1.46. The van der Waals surface area contributed by atoms with Crippen LogP contribution in [0.5, 0.6) is 0 Å². The van der Waals surface area contributed by atoms with E-state index in [0.717, 1.165) is 22.3 Å². The minimum absolute atomic E-state index is 0.833. The number of hydrogen-bond acceptors (Lipinski definition) is 4. The lowest BCUT2D eigenvalue weighted by Gasteiger charge is -2.05. The van der Waals surface area contributed by atoms with E-state index in [1.54, 1.807) is 24.2 Å². The molecule has 2 heterocycles. The first-order chi connectivity index (χ1) is 12.8. The van der Waals surface area contributed by atoms with Gasteiger partial charge in [0.2, 0.25) is 0 Å². The minimum Gasteiger partial charge on any atom is -0.305 e. The van der Waals surface area contributed by atoms with E-state index in [1.165, 1.54) is 16.7 Å². The van der Waals surface area contributed by atoms with Crippen LogP contribution in [-0.2, 0) is 12.8 Å². The molecule has 4 aromatic rings. The summed E-state index contributed by atoms with van der Waals surface area (Å²) in [5, 5.41) is 9.52. The summed E-state index contributed by atoms with van der Waals surface area (Å²) in [5.74, 6) is 1.69.